The van der Waals surface area contributed by atoms with Gasteiger partial charge in [-0.2, -0.15) is 10.1 Å². The van der Waals surface area contributed by atoms with E-state index < -0.39 is 0 Å². The molecule has 4 aliphatic rings. The summed E-state index contributed by atoms with van der Waals surface area (Å²) in [6.07, 6.45) is 8.06. The first kappa shape index (κ1) is 13.0. The summed E-state index contributed by atoms with van der Waals surface area (Å²) in [5, 5.41) is 5.16. The van der Waals surface area contributed by atoms with E-state index in [0.717, 1.165) is 21.6 Å². The van der Waals surface area contributed by atoms with Crippen LogP contribution in [0.4, 0.5) is 0 Å². The number of hydrogen-bond donors (Lipinski definition) is 0. The van der Waals surface area contributed by atoms with E-state index in [2.05, 4.69) is 39.8 Å². The topological polar surface area (TPSA) is 62.9 Å². The first-order chi connectivity index (χ1) is 10.6. The Morgan fingerprint density at radius 3 is 2.32 bits per heavy atom. The summed E-state index contributed by atoms with van der Waals surface area (Å²) in [4.78, 5) is 25.3. The summed E-state index contributed by atoms with van der Waals surface area (Å²) in [6, 6.07) is 3.58. The Morgan fingerprint density at radius 2 is 1.82 bits per heavy atom. The van der Waals surface area contributed by atoms with Crippen molar-refractivity contribution in [3.63, 3.8) is 0 Å². The van der Waals surface area contributed by atoms with Crippen LogP contribution >= 0.6 is 22.6 Å². The van der Waals surface area contributed by atoms with Gasteiger partial charge in [0.15, 0.2) is 3.77 Å². The number of halogens is 1. The summed E-state index contributed by atoms with van der Waals surface area (Å²) < 4.78 is 6.12. The number of hydrogen-bond acceptors (Lipinski definition) is 4. The van der Waals surface area contributed by atoms with Crippen molar-refractivity contribution in [2.75, 3.05) is 0 Å². The van der Waals surface area contributed by atoms with Gasteiger partial charge in [0.25, 0.3) is 11.8 Å². The first-order valence-electron chi connectivity index (χ1n) is 7.47. The number of carbonyl (C=O) groups is 2. The fourth-order valence-corrected chi connectivity index (χ4v) is 5.12. The molecular weight excluding hydrogens is 395 g/mol. The second-order valence-corrected chi connectivity index (χ2v) is 7.66. The van der Waals surface area contributed by atoms with Gasteiger partial charge >= 0.3 is 0 Å². The van der Waals surface area contributed by atoms with Crippen LogP contribution in [0, 0.1) is 32.9 Å². The highest BCUT2D eigenvalue weighted by atomic mass is 127. The molecule has 0 aromatic carbocycles. The average molecular weight is 408 g/mol. The van der Waals surface area contributed by atoms with Gasteiger partial charge in [0.05, 0.1) is 18.1 Å². The molecule has 3 aliphatic carbocycles. The monoisotopic (exact) mass is 408 g/mol. The SMILES string of the molecule is O=C1[C@H]2[C@H](C(=O)N1/N=C/c1ccc(I)o1)[C@H]1C=C[C@H]2C12CC2. The predicted octanol–water partition coefficient (Wildman–Crippen LogP) is 2.42. The molecule has 0 radical (unpaired) electrons. The molecule has 5 nitrogen and oxygen atoms in total. The fraction of sp³-hybridized carbons (Fsp3) is 0.438. The Kier molecular flexibility index (Phi) is 2.43. The summed E-state index contributed by atoms with van der Waals surface area (Å²) in [5.41, 5.74) is 0.230. The van der Waals surface area contributed by atoms with Gasteiger partial charge in [-0.25, -0.2) is 0 Å². The van der Waals surface area contributed by atoms with E-state index in [1.165, 1.54) is 6.21 Å². The van der Waals surface area contributed by atoms with E-state index >= 15 is 0 Å². The fourth-order valence-electron chi connectivity index (χ4n) is 4.69. The van der Waals surface area contributed by atoms with Gasteiger partial charge in [-0.15, -0.1) is 0 Å². The second kappa shape index (κ2) is 4.10. The lowest BCUT2D eigenvalue weighted by molar-refractivity contribution is -0.141. The minimum Gasteiger partial charge on any atom is -0.449 e. The van der Waals surface area contributed by atoms with E-state index in [-0.39, 0.29) is 40.9 Å². The number of nitrogens with zero attached hydrogens (tertiary/aromatic N) is 2. The van der Waals surface area contributed by atoms with E-state index in [0.29, 0.717) is 5.76 Å². The van der Waals surface area contributed by atoms with Gasteiger partial charge in [0.2, 0.25) is 0 Å². The lowest BCUT2D eigenvalue weighted by Gasteiger charge is -2.18. The van der Waals surface area contributed by atoms with E-state index in [1.54, 1.807) is 6.07 Å². The van der Waals surface area contributed by atoms with Gasteiger partial charge in [-0.3, -0.25) is 9.59 Å². The molecule has 1 saturated heterocycles. The third-order valence-electron chi connectivity index (χ3n) is 5.72. The molecule has 4 atom stereocenters. The molecule has 0 N–H and O–H groups in total. The molecular formula is C16H13IN2O3. The maximum atomic E-state index is 12.7. The zero-order valence-corrected chi connectivity index (χ0v) is 13.8. The van der Waals surface area contributed by atoms with Crippen molar-refractivity contribution in [1.82, 2.24) is 5.01 Å². The number of hydrazone groups is 1. The van der Waals surface area contributed by atoms with E-state index in [1.807, 2.05) is 6.07 Å². The number of rotatable bonds is 2. The van der Waals surface area contributed by atoms with Crippen molar-refractivity contribution >= 4 is 40.6 Å². The van der Waals surface area contributed by atoms with Crippen molar-refractivity contribution in [3.8, 4) is 0 Å². The summed E-state index contributed by atoms with van der Waals surface area (Å²) in [6.45, 7) is 0. The van der Waals surface area contributed by atoms with Gasteiger partial charge < -0.3 is 4.42 Å². The summed E-state index contributed by atoms with van der Waals surface area (Å²) >= 11 is 2.06. The molecule has 0 unspecified atom stereocenters. The highest BCUT2D eigenvalue weighted by molar-refractivity contribution is 14.1. The quantitative estimate of drug-likeness (QED) is 0.327. The van der Waals surface area contributed by atoms with Crippen molar-refractivity contribution in [2.45, 2.75) is 12.8 Å². The lowest BCUT2D eigenvalue weighted by atomic mass is 9.85. The van der Waals surface area contributed by atoms with Crippen molar-refractivity contribution < 1.29 is 14.0 Å². The maximum Gasteiger partial charge on any atom is 0.254 e. The van der Waals surface area contributed by atoms with Crippen LogP contribution in [0.2, 0.25) is 0 Å². The average Bonchev–Trinajstić information content (AvgIpc) is 2.87. The van der Waals surface area contributed by atoms with Crippen LogP contribution in [0.1, 0.15) is 18.6 Å². The molecule has 1 aliphatic heterocycles. The van der Waals surface area contributed by atoms with Gasteiger partial charge in [0.1, 0.15) is 5.76 Å². The first-order valence-corrected chi connectivity index (χ1v) is 8.55. The summed E-state index contributed by atoms with van der Waals surface area (Å²) in [7, 11) is 0. The molecule has 112 valence electrons. The van der Waals surface area contributed by atoms with Crippen LogP contribution < -0.4 is 0 Å². The number of carbonyl (C=O) groups excluding carboxylic acids is 2. The van der Waals surface area contributed by atoms with Crippen molar-refractivity contribution in [1.29, 1.82) is 0 Å². The van der Waals surface area contributed by atoms with Crippen molar-refractivity contribution in [2.24, 2.45) is 34.2 Å². The molecule has 2 amide bonds. The minimum atomic E-state index is -0.195. The summed E-state index contributed by atoms with van der Waals surface area (Å²) in [5.74, 6) is 0.346. The van der Waals surface area contributed by atoms with Crippen LogP contribution in [0.5, 0.6) is 0 Å². The Bertz CT molecular complexity index is 727. The second-order valence-electron chi connectivity index (χ2n) is 6.60. The zero-order valence-electron chi connectivity index (χ0n) is 11.6. The third-order valence-corrected chi connectivity index (χ3v) is 6.30. The third kappa shape index (κ3) is 1.46. The van der Waals surface area contributed by atoms with E-state index in [9.17, 15) is 9.59 Å². The highest BCUT2D eigenvalue weighted by Gasteiger charge is 2.73. The standard InChI is InChI=1S/C16H13IN2O3/c17-11-4-1-8(22-11)7-18-19-14(20)12-9-2-3-10(13(12)15(19)21)16(9)5-6-16/h1-4,7,9-10,12-13H,5-6H2/b18-7+/t9-,10-,12-,13-/m1/s1. The number of amides is 2. The largest absolute Gasteiger partial charge is 0.449 e. The zero-order chi connectivity index (χ0) is 15.1. The maximum absolute atomic E-state index is 12.7. The lowest BCUT2D eigenvalue weighted by Crippen LogP contribution is -2.30. The normalized spacial score (nSPS) is 37.0. The van der Waals surface area contributed by atoms with Gasteiger partial charge in [-0.1, -0.05) is 12.2 Å². The Morgan fingerprint density at radius 1 is 1.18 bits per heavy atom. The highest BCUT2D eigenvalue weighted by Crippen LogP contribution is 2.73. The molecule has 1 aromatic rings. The van der Waals surface area contributed by atoms with Crippen LogP contribution in [-0.4, -0.2) is 23.0 Å². The van der Waals surface area contributed by atoms with Crippen molar-refractivity contribution in [3.05, 3.63) is 33.8 Å². The molecule has 1 spiro atoms. The predicted molar refractivity (Wildman–Crippen MR) is 85.6 cm³/mol. The smallest absolute Gasteiger partial charge is 0.254 e. The molecule has 1 aromatic heterocycles. The number of fused-ring (bicyclic) bond motifs is 3. The number of furan rings is 1. The molecule has 22 heavy (non-hydrogen) atoms. The van der Waals surface area contributed by atoms with E-state index in [4.69, 9.17) is 4.42 Å². The Labute approximate surface area is 140 Å². The van der Waals surface area contributed by atoms with Crippen LogP contribution in [0.25, 0.3) is 0 Å². The minimum absolute atomic E-state index is 0.143. The molecule has 6 heteroatoms. The Hall–Kier alpha value is -1.44. The Balaban J connectivity index is 1.45. The van der Waals surface area contributed by atoms with Gasteiger partial charge in [0, 0.05) is 0 Å². The van der Waals surface area contributed by atoms with Crippen LogP contribution in [0.3, 0.4) is 0 Å². The van der Waals surface area contributed by atoms with Crippen LogP contribution in [0.15, 0.2) is 33.8 Å². The molecule has 2 heterocycles. The molecule has 3 fully saturated rings. The van der Waals surface area contributed by atoms with Crippen LogP contribution in [-0.2, 0) is 9.59 Å². The number of imide groups is 1. The molecule has 2 bridgehead atoms. The molecule has 5 rings (SSSR count). The number of allylic oxidation sites excluding steroid dienone is 2. The molecule has 2 saturated carbocycles. The van der Waals surface area contributed by atoms with Gasteiger partial charge in [-0.05, 0) is 64.8 Å².